The number of nitrogens with zero attached hydrogens (tertiary/aromatic N) is 3. The molecule has 1 saturated carbocycles. The van der Waals surface area contributed by atoms with Crippen molar-refractivity contribution in [3.63, 3.8) is 0 Å². The Hall–Kier alpha value is -2.86. The van der Waals surface area contributed by atoms with Gasteiger partial charge in [-0.3, -0.25) is 0 Å². The quantitative estimate of drug-likeness (QED) is 0.738. The van der Waals surface area contributed by atoms with Crippen molar-refractivity contribution in [3.05, 3.63) is 35.0 Å². The minimum atomic E-state index is -4.58. The second kappa shape index (κ2) is 7.04. The van der Waals surface area contributed by atoms with Crippen LogP contribution in [0.1, 0.15) is 48.4 Å². The number of hydrogen-bond donors (Lipinski definition) is 3. The van der Waals surface area contributed by atoms with Gasteiger partial charge in [0, 0.05) is 12.0 Å². The molecule has 9 heteroatoms. The highest BCUT2D eigenvalue weighted by molar-refractivity contribution is 5.68. The molecular formula is C18H18F3N5O. The van der Waals surface area contributed by atoms with E-state index in [1.54, 1.807) is 0 Å². The number of aromatic hydroxyl groups is 1. The van der Waals surface area contributed by atoms with Gasteiger partial charge < -0.3 is 16.6 Å². The highest BCUT2D eigenvalue weighted by Gasteiger charge is 2.32. The number of nitrogen functional groups attached to an aromatic ring is 1. The van der Waals surface area contributed by atoms with Gasteiger partial charge in [-0.05, 0) is 43.9 Å². The lowest BCUT2D eigenvalue weighted by atomic mass is 9.83. The maximum atomic E-state index is 13.0. The zero-order chi connectivity index (χ0) is 19.8. The first-order valence-corrected chi connectivity index (χ1v) is 8.44. The molecule has 1 aromatic heterocycles. The van der Waals surface area contributed by atoms with Crippen molar-refractivity contribution in [3.8, 4) is 23.2 Å². The summed E-state index contributed by atoms with van der Waals surface area (Å²) in [5.41, 5.74) is 11.2. The molecule has 5 N–H and O–H groups in total. The van der Waals surface area contributed by atoms with E-state index in [2.05, 4.69) is 9.97 Å². The van der Waals surface area contributed by atoms with Crippen LogP contribution in [0.5, 0.6) is 5.75 Å². The van der Waals surface area contributed by atoms with E-state index < -0.39 is 17.5 Å². The molecule has 1 aromatic carbocycles. The summed E-state index contributed by atoms with van der Waals surface area (Å²) < 4.78 is 39.1. The standard InChI is InChI=1S/C18H18F3N5O/c19-18(20,21)10-3-6-14(27)12(7-10)17-25-15(13(8-22)16(24)26-17)9-1-4-11(23)5-2-9/h3,6-7,9,11,27H,1-2,4-5,23H2,(H2,24,25,26). The third-order valence-electron chi connectivity index (χ3n) is 4.80. The summed E-state index contributed by atoms with van der Waals surface area (Å²) in [6, 6.07) is 4.55. The monoisotopic (exact) mass is 377 g/mol. The number of hydrogen-bond acceptors (Lipinski definition) is 6. The summed E-state index contributed by atoms with van der Waals surface area (Å²) >= 11 is 0. The Morgan fingerprint density at radius 1 is 1.15 bits per heavy atom. The highest BCUT2D eigenvalue weighted by Crippen LogP contribution is 2.38. The molecule has 1 aliphatic carbocycles. The first kappa shape index (κ1) is 18.9. The number of rotatable bonds is 2. The molecule has 0 radical (unpaired) electrons. The van der Waals surface area contributed by atoms with Crippen LogP contribution in [0.4, 0.5) is 19.0 Å². The van der Waals surface area contributed by atoms with Gasteiger partial charge in [-0.2, -0.15) is 18.4 Å². The Morgan fingerprint density at radius 3 is 2.41 bits per heavy atom. The molecule has 2 aromatic rings. The van der Waals surface area contributed by atoms with Gasteiger partial charge in [0.15, 0.2) is 5.82 Å². The van der Waals surface area contributed by atoms with Gasteiger partial charge in [-0.1, -0.05) is 0 Å². The Labute approximate surface area is 153 Å². The Bertz CT molecular complexity index is 899. The Kier molecular flexibility index (Phi) is 4.93. The normalized spacial score (nSPS) is 20.3. The number of halogens is 3. The van der Waals surface area contributed by atoms with Crippen molar-refractivity contribution in [1.29, 1.82) is 5.26 Å². The van der Waals surface area contributed by atoms with Gasteiger partial charge in [-0.15, -0.1) is 0 Å². The van der Waals surface area contributed by atoms with Crippen LogP contribution in [0.25, 0.3) is 11.4 Å². The van der Waals surface area contributed by atoms with Crippen LogP contribution < -0.4 is 11.5 Å². The molecule has 1 aliphatic rings. The van der Waals surface area contributed by atoms with E-state index in [0.29, 0.717) is 18.5 Å². The first-order valence-electron chi connectivity index (χ1n) is 8.44. The topological polar surface area (TPSA) is 122 Å². The second-order valence-electron chi connectivity index (χ2n) is 6.65. The third kappa shape index (κ3) is 3.80. The molecule has 6 nitrogen and oxygen atoms in total. The van der Waals surface area contributed by atoms with Gasteiger partial charge in [0.1, 0.15) is 23.2 Å². The summed E-state index contributed by atoms with van der Waals surface area (Å²) in [6.45, 7) is 0. The van der Waals surface area contributed by atoms with E-state index >= 15 is 0 Å². The lowest BCUT2D eigenvalue weighted by molar-refractivity contribution is -0.137. The van der Waals surface area contributed by atoms with E-state index in [1.807, 2.05) is 6.07 Å². The third-order valence-corrected chi connectivity index (χ3v) is 4.80. The van der Waals surface area contributed by atoms with Crippen molar-refractivity contribution in [2.45, 2.75) is 43.8 Å². The fourth-order valence-corrected chi connectivity index (χ4v) is 3.31. The summed E-state index contributed by atoms with van der Waals surface area (Å²) in [7, 11) is 0. The Balaban J connectivity index is 2.11. The minimum absolute atomic E-state index is 0.0814. The molecule has 0 spiro atoms. The lowest BCUT2D eigenvalue weighted by Crippen LogP contribution is -2.26. The molecule has 0 unspecified atom stereocenters. The minimum Gasteiger partial charge on any atom is -0.507 e. The maximum absolute atomic E-state index is 13.0. The second-order valence-corrected chi connectivity index (χ2v) is 6.65. The van der Waals surface area contributed by atoms with Crippen LogP contribution in [-0.2, 0) is 6.18 Å². The number of phenolic OH excluding ortho intramolecular Hbond substituents is 1. The molecule has 142 valence electrons. The largest absolute Gasteiger partial charge is 0.507 e. The molecular weight excluding hydrogens is 359 g/mol. The summed E-state index contributed by atoms with van der Waals surface area (Å²) in [5, 5.41) is 19.5. The van der Waals surface area contributed by atoms with Crippen LogP contribution in [0.15, 0.2) is 18.2 Å². The molecule has 0 amide bonds. The van der Waals surface area contributed by atoms with Gasteiger partial charge in [0.05, 0.1) is 16.8 Å². The SMILES string of the molecule is N#Cc1c(N)nc(-c2cc(C(F)(F)F)ccc2O)nc1C1CCC(N)CC1. The zero-order valence-corrected chi connectivity index (χ0v) is 14.3. The molecule has 0 atom stereocenters. The van der Waals surface area contributed by atoms with Gasteiger partial charge in [0.25, 0.3) is 0 Å². The van der Waals surface area contributed by atoms with Crippen molar-refractivity contribution in [2.75, 3.05) is 5.73 Å². The van der Waals surface area contributed by atoms with Crippen molar-refractivity contribution < 1.29 is 18.3 Å². The molecule has 3 rings (SSSR count). The van der Waals surface area contributed by atoms with Crippen LogP contribution >= 0.6 is 0 Å². The van der Waals surface area contributed by atoms with E-state index in [1.165, 1.54) is 0 Å². The Morgan fingerprint density at radius 2 is 1.81 bits per heavy atom. The molecule has 1 fully saturated rings. The molecule has 0 bridgehead atoms. The van der Waals surface area contributed by atoms with Gasteiger partial charge >= 0.3 is 6.18 Å². The number of aromatic nitrogens is 2. The number of nitrogens with two attached hydrogens (primary N) is 2. The highest BCUT2D eigenvalue weighted by atomic mass is 19.4. The molecule has 27 heavy (non-hydrogen) atoms. The van der Waals surface area contributed by atoms with Crippen LogP contribution in [0, 0.1) is 11.3 Å². The van der Waals surface area contributed by atoms with Gasteiger partial charge in [0.2, 0.25) is 0 Å². The fourth-order valence-electron chi connectivity index (χ4n) is 3.31. The van der Waals surface area contributed by atoms with Crippen molar-refractivity contribution >= 4 is 5.82 Å². The van der Waals surface area contributed by atoms with Crippen molar-refractivity contribution in [2.24, 2.45) is 5.73 Å². The predicted octanol–water partition coefficient (Wildman–Crippen LogP) is 3.31. The number of alkyl halides is 3. The fraction of sp³-hybridized carbons (Fsp3) is 0.389. The smallest absolute Gasteiger partial charge is 0.416 e. The summed E-state index contributed by atoms with van der Waals surface area (Å²) in [5.74, 6) is -0.746. The van der Waals surface area contributed by atoms with E-state index in [9.17, 15) is 23.5 Å². The molecule has 0 aliphatic heterocycles. The van der Waals surface area contributed by atoms with Crippen molar-refractivity contribution in [1.82, 2.24) is 9.97 Å². The first-order chi connectivity index (χ1) is 12.7. The van der Waals surface area contributed by atoms with Crippen LogP contribution in [-0.4, -0.2) is 21.1 Å². The average molecular weight is 377 g/mol. The molecule has 0 saturated heterocycles. The lowest BCUT2D eigenvalue weighted by Gasteiger charge is -2.26. The number of phenols is 1. The van der Waals surface area contributed by atoms with E-state index in [0.717, 1.165) is 31.0 Å². The number of anilines is 1. The molecule has 1 heterocycles. The predicted molar refractivity (Wildman–Crippen MR) is 92.4 cm³/mol. The van der Waals surface area contributed by atoms with Crippen LogP contribution in [0.2, 0.25) is 0 Å². The van der Waals surface area contributed by atoms with Crippen LogP contribution in [0.3, 0.4) is 0 Å². The number of nitriles is 1. The maximum Gasteiger partial charge on any atom is 0.416 e. The average Bonchev–Trinajstić information content (AvgIpc) is 2.61. The van der Waals surface area contributed by atoms with Gasteiger partial charge in [-0.25, -0.2) is 9.97 Å². The summed E-state index contributed by atoms with van der Waals surface area (Å²) in [4.78, 5) is 8.29. The van der Waals surface area contributed by atoms with E-state index in [-0.39, 0.29) is 34.7 Å². The van der Waals surface area contributed by atoms with E-state index in [4.69, 9.17) is 11.5 Å². The zero-order valence-electron chi connectivity index (χ0n) is 14.3. The summed E-state index contributed by atoms with van der Waals surface area (Å²) in [6.07, 6.45) is -1.68. The number of benzene rings is 1.